The van der Waals surface area contributed by atoms with Gasteiger partial charge in [0.1, 0.15) is 6.04 Å². The number of nitrogens with one attached hydrogen (secondary N) is 4. The number of rotatable bonds is 9. The van der Waals surface area contributed by atoms with Crippen LogP contribution in [-0.4, -0.2) is 76.2 Å². The van der Waals surface area contributed by atoms with E-state index in [1.54, 1.807) is 36.4 Å². The zero-order valence-electron chi connectivity index (χ0n) is 20.4. The number of hydrogen-bond acceptors (Lipinski definition) is 8. The molecular formula is C25H32N6O5S. The molecule has 12 heteroatoms. The molecule has 198 valence electrons. The number of piperidine rings is 1. The molecule has 37 heavy (non-hydrogen) atoms. The molecule has 2 heterocycles. The average molecular weight is 529 g/mol. The van der Waals surface area contributed by atoms with Crippen molar-refractivity contribution in [3.63, 3.8) is 0 Å². The maximum absolute atomic E-state index is 12.8. The highest BCUT2D eigenvalue weighted by atomic mass is 32.2. The van der Waals surface area contributed by atoms with Crippen molar-refractivity contribution >= 4 is 33.5 Å². The molecule has 4 rings (SSSR count). The van der Waals surface area contributed by atoms with Gasteiger partial charge in [0.25, 0.3) is 5.91 Å². The van der Waals surface area contributed by atoms with Crippen molar-refractivity contribution in [3.8, 4) is 0 Å². The number of carbonyl (C=O) groups excluding carboxylic acids is 1. The minimum absolute atomic E-state index is 0.0535. The van der Waals surface area contributed by atoms with Crippen molar-refractivity contribution in [3.05, 3.63) is 60.2 Å². The first-order valence-corrected chi connectivity index (χ1v) is 13.8. The van der Waals surface area contributed by atoms with E-state index >= 15 is 0 Å². The Bertz CT molecular complexity index is 1230. The molecule has 0 bridgehead atoms. The van der Waals surface area contributed by atoms with Crippen molar-refractivity contribution in [2.45, 2.75) is 36.2 Å². The molecule has 1 unspecified atom stereocenters. The lowest BCUT2D eigenvalue weighted by molar-refractivity contribution is -0.138. The normalized spacial score (nSPS) is 17.3. The Kier molecular flexibility index (Phi) is 8.62. The van der Waals surface area contributed by atoms with Crippen LogP contribution in [0.2, 0.25) is 0 Å². The number of hydrogen-bond donors (Lipinski definition) is 5. The molecule has 5 N–H and O–H groups in total. The summed E-state index contributed by atoms with van der Waals surface area (Å²) in [6, 6.07) is 13.4. The van der Waals surface area contributed by atoms with E-state index in [4.69, 9.17) is 0 Å². The number of guanidine groups is 1. The highest BCUT2D eigenvalue weighted by molar-refractivity contribution is 7.89. The second-order valence-corrected chi connectivity index (χ2v) is 10.7. The molecular weight excluding hydrogens is 496 g/mol. The number of carbonyl (C=O) groups is 2. The minimum atomic E-state index is -4.06. The molecule has 1 saturated heterocycles. The lowest BCUT2D eigenvalue weighted by atomic mass is 10.0. The topological polar surface area (TPSA) is 152 Å². The molecule has 0 spiro atoms. The summed E-state index contributed by atoms with van der Waals surface area (Å²) >= 11 is 0. The van der Waals surface area contributed by atoms with E-state index in [-0.39, 0.29) is 4.90 Å². The van der Waals surface area contributed by atoms with Crippen LogP contribution in [0.15, 0.2) is 64.5 Å². The van der Waals surface area contributed by atoms with Gasteiger partial charge in [-0.3, -0.25) is 14.6 Å². The summed E-state index contributed by atoms with van der Waals surface area (Å²) in [5.74, 6) is -1.00. The maximum atomic E-state index is 12.8. The Labute approximate surface area is 216 Å². The van der Waals surface area contributed by atoms with Crippen molar-refractivity contribution in [1.29, 1.82) is 0 Å². The van der Waals surface area contributed by atoms with Crippen LogP contribution in [0.5, 0.6) is 0 Å². The van der Waals surface area contributed by atoms with Gasteiger partial charge in [-0.15, -0.1) is 0 Å². The third-order valence-electron chi connectivity index (χ3n) is 6.32. The van der Waals surface area contributed by atoms with Gasteiger partial charge in [-0.25, -0.2) is 8.42 Å². The number of aliphatic carboxylic acids is 1. The molecule has 2 aliphatic heterocycles. The third kappa shape index (κ3) is 7.20. The van der Waals surface area contributed by atoms with Crippen molar-refractivity contribution in [2.75, 3.05) is 37.6 Å². The van der Waals surface area contributed by atoms with E-state index in [0.717, 1.165) is 57.1 Å². The summed E-state index contributed by atoms with van der Waals surface area (Å²) in [5.41, 5.74) is 1.27. The smallest absolute Gasteiger partial charge is 0.323 e. The van der Waals surface area contributed by atoms with Gasteiger partial charge < -0.3 is 26.0 Å². The highest BCUT2D eigenvalue weighted by Crippen LogP contribution is 2.21. The molecule has 1 fully saturated rings. The van der Waals surface area contributed by atoms with Gasteiger partial charge in [0.05, 0.1) is 4.90 Å². The monoisotopic (exact) mass is 528 g/mol. The number of aliphatic imine (C=N–C) groups is 1. The lowest BCUT2D eigenvalue weighted by Gasteiger charge is -2.35. The molecule has 0 saturated carbocycles. The van der Waals surface area contributed by atoms with Crippen LogP contribution in [0.25, 0.3) is 0 Å². The molecule has 2 aliphatic rings. The first kappa shape index (κ1) is 26.4. The molecule has 1 atom stereocenters. The van der Waals surface area contributed by atoms with Crippen LogP contribution in [0.3, 0.4) is 0 Å². The van der Waals surface area contributed by atoms with Gasteiger partial charge in [-0.05, 0) is 49.6 Å². The summed E-state index contributed by atoms with van der Waals surface area (Å²) in [6.07, 6.45) is 2.91. The Morgan fingerprint density at radius 3 is 2.54 bits per heavy atom. The van der Waals surface area contributed by atoms with E-state index in [2.05, 4.69) is 30.6 Å². The van der Waals surface area contributed by atoms with Crippen molar-refractivity contribution in [2.24, 2.45) is 4.99 Å². The van der Waals surface area contributed by atoms with Gasteiger partial charge in [-0.1, -0.05) is 24.3 Å². The van der Waals surface area contributed by atoms with E-state index in [0.29, 0.717) is 11.6 Å². The number of benzene rings is 2. The number of amides is 1. The van der Waals surface area contributed by atoms with E-state index in [9.17, 15) is 23.1 Å². The van der Waals surface area contributed by atoms with E-state index < -0.39 is 34.5 Å². The zero-order valence-corrected chi connectivity index (χ0v) is 21.2. The maximum Gasteiger partial charge on any atom is 0.323 e. The lowest BCUT2D eigenvalue weighted by Crippen LogP contribution is -2.50. The van der Waals surface area contributed by atoms with Crippen LogP contribution in [0.4, 0.5) is 5.69 Å². The third-order valence-corrected chi connectivity index (χ3v) is 7.81. The van der Waals surface area contributed by atoms with Crippen LogP contribution in [0, 0.1) is 0 Å². The summed E-state index contributed by atoms with van der Waals surface area (Å²) in [6.45, 7) is 3.01. The fourth-order valence-electron chi connectivity index (χ4n) is 4.28. The van der Waals surface area contributed by atoms with Crippen LogP contribution in [0.1, 0.15) is 29.6 Å². The van der Waals surface area contributed by atoms with Crippen LogP contribution >= 0.6 is 0 Å². The van der Waals surface area contributed by atoms with Gasteiger partial charge in [0.2, 0.25) is 10.0 Å². The number of sulfonamides is 1. The molecule has 0 radical (unpaired) electrons. The fourth-order valence-corrected chi connectivity index (χ4v) is 5.49. The van der Waals surface area contributed by atoms with Gasteiger partial charge >= 0.3 is 5.97 Å². The quantitative estimate of drug-likeness (QED) is 0.320. The summed E-state index contributed by atoms with van der Waals surface area (Å²) < 4.78 is 27.2. The summed E-state index contributed by atoms with van der Waals surface area (Å²) in [7, 11) is -4.06. The number of carboxylic acid groups (broad SMARTS) is 1. The number of nitrogens with zero attached hydrogens (tertiary/aromatic N) is 2. The first-order chi connectivity index (χ1) is 17.8. The highest BCUT2D eigenvalue weighted by Gasteiger charge is 2.26. The van der Waals surface area contributed by atoms with Gasteiger partial charge in [-0.2, -0.15) is 4.72 Å². The molecule has 2 aromatic carbocycles. The molecule has 2 aromatic rings. The molecule has 0 aromatic heterocycles. The first-order valence-electron chi connectivity index (χ1n) is 12.3. The predicted molar refractivity (Wildman–Crippen MR) is 140 cm³/mol. The molecule has 1 amide bonds. The second kappa shape index (κ2) is 12.1. The Balaban J connectivity index is 1.32. The van der Waals surface area contributed by atoms with Gasteiger partial charge in [0.15, 0.2) is 5.96 Å². The van der Waals surface area contributed by atoms with E-state index in [1.807, 2.05) is 6.07 Å². The summed E-state index contributed by atoms with van der Waals surface area (Å²) in [5, 5.41) is 18.8. The fraction of sp³-hybridized carbons (Fsp3) is 0.400. The Morgan fingerprint density at radius 1 is 1.11 bits per heavy atom. The summed E-state index contributed by atoms with van der Waals surface area (Å²) in [4.78, 5) is 31.1. The average Bonchev–Trinajstić information content (AvgIpc) is 2.92. The standard InChI is InChI=1S/C25H32N6O5S/c32-23(28-17-22(24(33)34)30-37(35,36)21-8-2-1-3-9-21)18-6-4-7-20(16-18)31-14-10-19(11-15-31)29-25-26-12-5-13-27-25/h1-4,6-9,16,19,22,30H,5,10-15,17H2,(H,28,32)(H,33,34)(H2,26,27,29). The Hall–Kier alpha value is -3.64. The Morgan fingerprint density at radius 2 is 1.86 bits per heavy atom. The van der Waals surface area contributed by atoms with Crippen LogP contribution in [-0.2, 0) is 14.8 Å². The minimum Gasteiger partial charge on any atom is -0.480 e. The number of anilines is 1. The van der Waals surface area contributed by atoms with Crippen LogP contribution < -0.4 is 25.6 Å². The van der Waals surface area contributed by atoms with Gasteiger partial charge in [0, 0.05) is 50.0 Å². The molecule has 11 nitrogen and oxygen atoms in total. The predicted octanol–water partition coefficient (Wildman–Crippen LogP) is 0.756. The van der Waals surface area contributed by atoms with Crippen molar-refractivity contribution < 1.29 is 23.1 Å². The van der Waals surface area contributed by atoms with E-state index in [1.165, 1.54) is 12.1 Å². The SMILES string of the molecule is O=C(NCC(NS(=O)(=O)c1ccccc1)C(=O)O)c1cccc(N2CCC(NC3=NCCCN3)CC2)c1. The largest absolute Gasteiger partial charge is 0.480 e. The molecule has 0 aliphatic carbocycles. The second-order valence-electron chi connectivity index (χ2n) is 9.00. The number of carboxylic acids is 1. The van der Waals surface area contributed by atoms with Crippen molar-refractivity contribution in [1.82, 2.24) is 20.7 Å². The zero-order chi connectivity index (χ0) is 26.3.